The average Bonchev–Trinajstić information content (AvgIpc) is 2.33. The Bertz CT molecular complexity index is 472. The Labute approximate surface area is 99.8 Å². The standard InChI is InChI=1S/C13H13NO3/c1-2-6-17-13(16)11(9-14)7-10-4-3-5-12(15)8-10/h3-5,7-8,15H,2,6H2,1H3. The van der Waals surface area contributed by atoms with E-state index >= 15 is 0 Å². The van der Waals surface area contributed by atoms with Crippen molar-refractivity contribution in [2.45, 2.75) is 13.3 Å². The molecule has 0 amide bonds. The van der Waals surface area contributed by atoms with E-state index in [1.807, 2.05) is 6.92 Å². The lowest BCUT2D eigenvalue weighted by Gasteiger charge is -2.01. The number of rotatable bonds is 4. The molecule has 0 aliphatic rings. The fourth-order valence-electron chi connectivity index (χ4n) is 1.19. The molecule has 1 aromatic rings. The third-order valence-corrected chi connectivity index (χ3v) is 1.96. The topological polar surface area (TPSA) is 70.3 Å². The number of ether oxygens (including phenoxy) is 1. The molecule has 0 fully saturated rings. The van der Waals surface area contributed by atoms with Crippen LogP contribution in [0.25, 0.3) is 6.08 Å². The minimum atomic E-state index is -0.641. The molecule has 1 N–H and O–H groups in total. The Morgan fingerprint density at radius 3 is 2.94 bits per heavy atom. The van der Waals surface area contributed by atoms with E-state index in [0.717, 1.165) is 0 Å². The number of carbonyl (C=O) groups is 1. The Hall–Kier alpha value is -2.28. The molecule has 0 saturated carbocycles. The van der Waals surface area contributed by atoms with Crippen molar-refractivity contribution in [3.8, 4) is 11.8 Å². The quantitative estimate of drug-likeness (QED) is 0.490. The first-order chi connectivity index (χ1) is 8.17. The highest BCUT2D eigenvalue weighted by molar-refractivity contribution is 5.97. The van der Waals surface area contributed by atoms with Gasteiger partial charge in [0.15, 0.2) is 0 Å². The Morgan fingerprint density at radius 1 is 1.59 bits per heavy atom. The summed E-state index contributed by atoms with van der Waals surface area (Å²) in [5.41, 5.74) is 0.499. The van der Waals surface area contributed by atoms with Gasteiger partial charge in [-0.3, -0.25) is 0 Å². The van der Waals surface area contributed by atoms with Crippen LogP contribution in [0.3, 0.4) is 0 Å². The van der Waals surface area contributed by atoms with Gasteiger partial charge in [-0.05, 0) is 30.2 Å². The van der Waals surface area contributed by atoms with E-state index in [-0.39, 0.29) is 17.9 Å². The summed E-state index contributed by atoms with van der Waals surface area (Å²) in [5.74, 6) is -0.560. The van der Waals surface area contributed by atoms with Crippen LogP contribution in [0.1, 0.15) is 18.9 Å². The van der Waals surface area contributed by atoms with Crippen LogP contribution in [0.4, 0.5) is 0 Å². The van der Waals surface area contributed by atoms with E-state index in [0.29, 0.717) is 12.0 Å². The lowest BCUT2D eigenvalue weighted by molar-refractivity contribution is -0.138. The van der Waals surface area contributed by atoms with Crippen molar-refractivity contribution >= 4 is 12.0 Å². The summed E-state index contributed by atoms with van der Waals surface area (Å²) in [6, 6.07) is 8.08. The number of hydrogen-bond donors (Lipinski definition) is 1. The van der Waals surface area contributed by atoms with Crippen molar-refractivity contribution in [2.24, 2.45) is 0 Å². The third-order valence-electron chi connectivity index (χ3n) is 1.96. The minimum absolute atomic E-state index is 0.0796. The molecule has 4 nitrogen and oxygen atoms in total. The average molecular weight is 231 g/mol. The van der Waals surface area contributed by atoms with Crippen molar-refractivity contribution in [1.29, 1.82) is 5.26 Å². The number of phenolic OH excluding ortho intramolecular Hbond substituents is 1. The van der Waals surface area contributed by atoms with E-state index in [9.17, 15) is 9.90 Å². The first kappa shape index (κ1) is 12.8. The number of carbonyl (C=O) groups excluding carboxylic acids is 1. The highest BCUT2D eigenvalue weighted by atomic mass is 16.5. The maximum Gasteiger partial charge on any atom is 0.348 e. The molecule has 0 unspecified atom stereocenters. The number of hydrogen-bond acceptors (Lipinski definition) is 4. The minimum Gasteiger partial charge on any atom is -0.508 e. The number of aromatic hydroxyl groups is 1. The second-order valence-electron chi connectivity index (χ2n) is 3.40. The molecule has 4 heteroatoms. The monoisotopic (exact) mass is 231 g/mol. The van der Waals surface area contributed by atoms with Crippen LogP contribution in [0.2, 0.25) is 0 Å². The van der Waals surface area contributed by atoms with Crippen molar-refractivity contribution in [2.75, 3.05) is 6.61 Å². The smallest absolute Gasteiger partial charge is 0.348 e. The number of nitrogens with zero attached hydrogens (tertiary/aromatic N) is 1. The van der Waals surface area contributed by atoms with Crippen molar-refractivity contribution in [3.63, 3.8) is 0 Å². The molecule has 1 rings (SSSR count). The van der Waals surface area contributed by atoms with Gasteiger partial charge in [-0.25, -0.2) is 4.79 Å². The van der Waals surface area contributed by atoms with Crippen LogP contribution in [-0.4, -0.2) is 17.7 Å². The molecule has 0 bridgehead atoms. The summed E-state index contributed by atoms with van der Waals surface area (Å²) in [7, 11) is 0. The Kier molecular flexibility index (Phi) is 4.77. The van der Waals surface area contributed by atoms with Gasteiger partial charge in [-0.1, -0.05) is 19.1 Å². The second kappa shape index (κ2) is 6.33. The third kappa shape index (κ3) is 3.99. The van der Waals surface area contributed by atoms with Gasteiger partial charge in [0.05, 0.1) is 6.61 Å². The van der Waals surface area contributed by atoms with Crippen LogP contribution in [0.15, 0.2) is 29.8 Å². The SMILES string of the molecule is CCCOC(=O)C(C#N)=Cc1cccc(O)c1. The van der Waals surface area contributed by atoms with E-state index < -0.39 is 5.97 Å². The first-order valence-electron chi connectivity index (χ1n) is 5.25. The molecule has 0 saturated heterocycles. The highest BCUT2D eigenvalue weighted by Gasteiger charge is 2.09. The zero-order chi connectivity index (χ0) is 12.7. The Morgan fingerprint density at radius 2 is 2.35 bits per heavy atom. The summed E-state index contributed by atoms with van der Waals surface area (Å²) in [4.78, 5) is 11.4. The summed E-state index contributed by atoms with van der Waals surface area (Å²) >= 11 is 0. The van der Waals surface area contributed by atoms with Crippen LogP contribution < -0.4 is 0 Å². The lowest BCUT2D eigenvalue weighted by atomic mass is 10.1. The zero-order valence-corrected chi connectivity index (χ0v) is 9.51. The highest BCUT2D eigenvalue weighted by Crippen LogP contribution is 2.14. The van der Waals surface area contributed by atoms with Crippen LogP contribution in [0, 0.1) is 11.3 Å². The van der Waals surface area contributed by atoms with E-state index in [4.69, 9.17) is 10.00 Å². The van der Waals surface area contributed by atoms with Crippen LogP contribution in [-0.2, 0) is 9.53 Å². The summed E-state index contributed by atoms with van der Waals surface area (Å²) in [6.45, 7) is 2.16. The van der Waals surface area contributed by atoms with Crippen LogP contribution in [0.5, 0.6) is 5.75 Å². The summed E-state index contributed by atoms with van der Waals surface area (Å²) in [6.07, 6.45) is 2.09. The summed E-state index contributed by atoms with van der Waals surface area (Å²) < 4.78 is 4.85. The van der Waals surface area contributed by atoms with Crippen molar-refractivity contribution in [3.05, 3.63) is 35.4 Å². The van der Waals surface area contributed by atoms with Crippen molar-refractivity contribution in [1.82, 2.24) is 0 Å². The fraction of sp³-hybridized carbons (Fsp3) is 0.231. The number of nitriles is 1. The molecular formula is C13H13NO3. The maximum absolute atomic E-state index is 11.4. The Balaban J connectivity index is 2.87. The van der Waals surface area contributed by atoms with Crippen LogP contribution >= 0.6 is 0 Å². The van der Waals surface area contributed by atoms with Gasteiger partial charge in [0.25, 0.3) is 0 Å². The van der Waals surface area contributed by atoms with Gasteiger partial charge in [0, 0.05) is 0 Å². The molecule has 0 aliphatic heterocycles. The number of benzene rings is 1. The predicted molar refractivity (Wildman–Crippen MR) is 62.9 cm³/mol. The zero-order valence-electron chi connectivity index (χ0n) is 9.51. The van der Waals surface area contributed by atoms with E-state index in [1.54, 1.807) is 18.2 Å². The maximum atomic E-state index is 11.4. The summed E-state index contributed by atoms with van der Waals surface area (Å²) in [5, 5.41) is 18.1. The molecule has 0 aromatic heterocycles. The molecule has 0 spiro atoms. The molecule has 0 atom stereocenters. The molecule has 0 radical (unpaired) electrons. The largest absolute Gasteiger partial charge is 0.508 e. The molecular weight excluding hydrogens is 218 g/mol. The van der Waals surface area contributed by atoms with Gasteiger partial charge in [-0.2, -0.15) is 5.26 Å². The fourth-order valence-corrected chi connectivity index (χ4v) is 1.19. The van der Waals surface area contributed by atoms with Gasteiger partial charge >= 0.3 is 5.97 Å². The molecule has 0 aliphatic carbocycles. The molecule has 0 heterocycles. The number of esters is 1. The van der Waals surface area contributed by atoms with Crippen molar-refractivity contribution < 1.29 is 14.6 Å². The van der Waals surface area contributed by atoms with E-state index in [1.165, 1.54) is 18.2 Å². The normalized spacial score (nSPS) is 10.7. The van der Waals surface area contributed by atoms with Gasteiger partial charge in [0.1, 0.15) is 17.4 Å². The van der Waals surface area contributed by atoms with Gasteiger partial charge in [-0.15, -0.1) is 0 Å². The number of phenols is 1. The second-order valence-corrected chi connectivity index (χ2v) is 3.40. The molecule has 17 heavy (non-hydrogen) atoms. The van der Waals surface area contributed by atoms with E-state index in [2.05, 4.69) is 0 Å². The first-order valence-corrected chi connectivity index (χ1v) is 5.25. The molecule has 88 valence electrons. The van der Waals surface area contributed by atoms with Gasteiger partial charge < -0.3 is 9.84 Å². The predicted octanol–water partition coefficient (Wildman–Crippen LogP) is 2.25. The lowest BCUT2D eigenvalue weighted by Crippen LogP contribution is -2.07. The molecule has 1 aromatic carbocycles. The van der Waals surface area contributed by atoms with Gasteiger partial charge in [0.2, 0.25) is 0 Å².